The molecule has 6 heteroatoms. The number of hydrogen-bond acceptors (Lipinski definition) is 4. The Bertz CT molecular complexity index is 1200. The molecule has 1 saturated heterocycles. The van der Waals surface area contributed by atoms with E-state index in [1.54, 1.807) is 4.90 Å². The Morgan fingerprint density at radius 2 is 1.56 bits per heavy atom. The summed E-state index contributed by atoms with van der Waals surface area (Å²) in [4.78, 5) is 27.5. The van der Waals surface area contributed by atoms with Crippen LogP contribution in [0.3, 0.4) is 0 Å². The molecule has 1 heterocycles. The van der Waals surface area contributed by atoms with E-state index in [4.69, 9.17) is 11.5 Å². The topological polar surface area (TPSA) is 101 Å². The Labute approximate surface area is 200 Å². The summed E-state index contributed by atoms with van der Waals surface area (Å²) in [6.07, 6.45) is 1.85. The van der Waals surface area contributed by atoms with Crippen LogP contribution in [-0.4, -0.2) is 35.3 Å². The van der Waals surface area contributed by atoms with Gasteiger partial charge in [0.05, 0.1) is 6.04 Å². The van der Waals surface area contributed by atoms with E-state index in [0.29, 0.717) is 30.8 Å². The molecule has 2 atom stereocenters. The fourth-order valence-electron chi connectivity index (χ4n) is 4.04. The first-order chi connectivity index (χ1) is 16.5. The predicted octanol–water partition coefficient (Wildman–Crippen LogP) is 3.17. The molecule has 4 rings (SSSR count). The first-order valence-electron chi connectivity index (χ1n) is 11.4. The number of nitrogens with zero attached hydrogens (tertiary/aromatic N) is 1. The Kier molecular flexibility index (Phi) is 7.26. The SMILES string of the molecule is Nc1ccc(C#Cc2ccc(NC(=O)C3CCCN3C(=O)[C@@H](N)Cc3ccccc3)cc2)cc1. The Morgan fingerprint density at radius 1 is 0.941 bits per heavy atom. The zero-order valence-corrected chi connectivity index (χ0v) is 18.9. The highest BCUT2D eigenvalue weighted by Crippen LogP contribution is 2.21. The van der Waals surface area contributed by atoms with E-state index in [0.717, 1.165) is 23.1 Å². The lowest BCUT2D eigenvalue weighted by Gasteiger charge is -2.26. The van der Waals surface area contributed by atoms with E-state index >= 15 is 0 Å². The molecule has 34 heavy (non-hydrogen) atoms. The quantitative estimate of drug-likeness (QED) is 0.409. The summed E-state index contributed by atoms with van der Waals surface area (Å²) in [5, 5.41) is 2.93. The van der Waals surface area contributed by atoms with E-state index in [2.05, 4.69) is 17.2 Å². The fraction of sp³-hybridized carbons (Fsp3) is 0.214. The molecular weight excluding hydrogens is 424 g/mol. The molecule has 0 bridgehead atoms. The second kappa shape index (κ2) is 10.7. The molecule has 1 aliphatic rings. The number of carbonyl (C=O) groups is 2. The van der Waals surface area contributed by atoms with Crippen molar-refractivity contribution in [3.63, 3.8) is 0 Å². The van der Waals surface area contributed by atoms with Crippen molar-refractivity contribution in [2.45, 2.75) is 31.3 Å². The zero-order chi connectivity index (χ0) is 23.9. The van der Waals surface area contributed by atoms with Crippen molar-refractivity contribution in [3.8, 4) is 11.8 Å². The van der Waals surface area contributed by atoms with E-state index in [1.165, 1.54) is 0 Å². The number of carbonyl (C=O) groups excluding carboxylic acids is 2. The number of benzene rings is 3. The van der Waals surface area contributed by atoms with Gasteiger partial charge in [0.25, 0.3) is 0 Å². The summed E-state index contributed by atoms with van der Waals surface area (Å²) in [5.41, 5.74) is 16.0. The maximum atomic E-state index is 13.0. The van der Waals surface area contributed by atoms with Gasteiger partial charge in [0.2, 0.25) is 11.8 Å². The molecule has 0 aromatic heterocycles. The molecule has 1 unspecified atom stereocenters. The monoisotopic (exact) mass is 452 g/mol. The number of amides is 2. The largest absolute Gasteiger partial charge is 0.399 e. The molecule has 6 nitrogen and oxygen atoms in total. The second-order valence-electron chi connectivity index (χ2n) is 8.42. The van der Waals surface area contributed by atoms with Crippen LogP contribution in [0.15, 0.2) is 78.9 Å². The minimum absolute atomic E-state index is 0.185. The lowest BCUT2D eigenvalue weighted by atomic mass is 10.1. The van der Waals surface area contributed by atoms with Gasteiger partial charge in [-0.2, -0.15) is 0 Å². The van der Waals surface area contributed by atoms with E-state index in [9.17, 15) is 9.59 Å². The fourth-order valence-corrected chi connectivity index (χ4v) is 4.04. The lowest BCUT2D eigenvalue weighted by Crippen LogP contribution is -2.50. The number of rotatable bonds is 5. The number of nitrogens with two attached hydrogens (primary N) is 2. The maximum Gasteiger partial charge on any atom is 0.247 e. The van der Waals surface area contributed by atoms with Crippen LogP contribution in [0.2, 0.25) is 0 Å². The molecule has 0 saturated carbocycles. The molecule has 3 aromatic rings. The number of anilines is 2. The molecule has 5 N–H and O–H groups in total. The molecule has 0 aliphatic carbocycles. The molecule has 3 aromatic carbocycles. The van der Waals surface area contributed by atoms with Gasteiger partial charge in [0, 0.05) is 29.0 Å². The summed E-state index contributed by atoms with van der Waals surface area (Å²) in [5.74, 6) is 5.81. The molecule has 2 amide bonds. The first-order valence-corrected chi connectivity index (χ1v) is 11.4. The van der Waals surface area contributed by atoms with E-state index < -0.39 is 12.1 Å². The van der Waals surface area contributed by atoms with Gasteiger partial charge in [-0.15, -0.1) is 0 Å². The van der Waals surface area contributed by atoms with Gasteiger partial charge < -0.3 is 21.7 Å². The van der Waals surface area contributed by atoms with Crippen molar-refractivity contribution in [1.29, 1.82) is 0 Å². The van der Waals surface area contributed by atoms with Crippen molar-refractivity contribution in [1.82, 2.24) is 4.90 Å². The highest BCUT2D eigenvalue weighted by Gasteiger charge is 2.36. The van der Waals surface area contributed by atoms with Crippen LogP contribution in [0.1, 0.15) is 29.5 Å². The zero-order valence-electron chi connectivity index (χ0n) is 18.9. The smallest absolute Gasteiger partial charge is 0.247 e. The summed E-state index contributed by atoms with van der Waals surface area (Å²) in [6, 6.07) is 23.2. The molecule has 1 fully saturated rings. The third-order valence-corrected chi connectivity index (χ3v) is 5.87. The average molecular weight is 453 g/mol. The predicted molar refractivity (Wildman–Crippen MR) is 135 cm³/mol. The minimum Gasteiger partial charge on any atom is -0.399 e. The summed E-state index contributed by atoms with van der Waals surface area (Å²) in [6.45, 7) is 0.541. The molecule has 1 aliphatic heterocycles. The van der Waals surface area contributed by atoms with Gasteiger partial charge in [0.1, 0.15) is 6.04 Å². The van der Waals surface area contributed by atoms with Gasteiger partial charge in [-0.05, 0) is 73.4 Å². The van der Waals surface area contributed by atoms with E-state index in [1.807, 2.05) is 78.9 Å². The minimum atomic E-state index is -0.672. The summed E-state index contributed by atoms with van der Waals surface area (Å²) < 4.78 is 0. The van der Waals surface area contributed by atoms with Crippen LogP contribution in [0.4, 0.5) is 11.4 Å². The van der Waals surface area contributed by atoms with Crippen LogP contribution >= 0.6 is 0 Å². The highest BCUT2D eigenvalue weighted by molar-refractivity contribution is 5.98. The van der Waals surface area contributed by atoms with Gasteiger partial charge in [0.15, 0.2) is 0 Å². The average Bonchev–Trinajstić information content (AvgIpc) is 3.35. The first kappa shape index (κ1) is 23.1. The molecule has 0 spiro atoms. The van der Waals surface area contributed by atoms with Crippen LogP contribution < -0.4 is 16.8 Å². The van der Waals surface area contributed by atoms with E-state index in [-0.39, 0.29) is 11.8 Å². The third-order valence-electron chi connectivity index (χ3n) is 5.87. The second-order valence-corrected chi connectivity index (χ2v) is 8.42. The van der Waals surface area contributed by atoms with Gasteiger partial charge in [-0.25, -0.2) is 0 Å². The normalized spacial score (nSPS) is 15.8. The summed E-state index contributed by atoms with van der Waals surface area (Å²) in [7, 11) is 0. The number of nitrogens with one attached hydrogen (secondary N) is 1. The van der Waals surface area contributed by atoms with Crippen LogP contribution in [0.5, 0.6) is 0 Å². The van der Waals surface area contributed by atoms with Gasteiger partial charge >= 0.3 is 0 Å². The standard InChI is InChI=1S/C28H28N4O2/c29-23-14-10-20(11-15-23)8-9-21-12-16-24(17-13-21)31-27(33)26-7-4-18-32(26)28(34)25(30)19-22-5-2-1-3-6-22/h1-3,5-6,10-17,25-26H,4,7,18-19,29-30H2,(H,31,33)/t25-,26?/m0/s1. The highest BCUT2D eigenvalue weighted by atomic mass is 16.2. The Hall–Kier alpha value is -4.08. The van der Waals surface area contributed by atoms with Crippen molar-refractivity contribution in [2.24, 2.45) is 5.73 Å². The number of nitrogen functional groups attached to an aromatic ring is 1. The third kappa shape index (κ3) is 5.83. The maximum absolute atomic E-state index is 13.0. The molecular formula is C28H28N4O2. The van der Waals surface area contributed by atoms with Gasteiger partial charge in [-0.1, -0.05) is 42.2 Å². The van der Waals surface area contributed by atoms with Crippen LogP contribution in [0, 0.1) is 11.8 Å². The van der Waals surface area contributed by atoms with Crippen LogP contribution in [0.25, 0.3) is 0 Å². The number of likely N-dealkylation sites (tertiary alicyclic amines) is 1. The summed E-state index contributed by atoms with van der Waals surface area (Å²) >= 11 is 0. The molecule has 172 valence electrons. The number of hydrogen-bond donors (Lipinski definition) is 3. The van der Waals surface area contributed by atoms with Crippen molar-refractivity contribution in [2.75, 3.05) is 17.6 Å². The lowest BCUT2D eigenvalue weighted by molar-refractivity contribution is -0.137. The molecule has 0 radical (unpaired) electrons. The Balaban J connectivity index is 1.36. The van der Waals surface area contributed by atoms with Crippen LogP contribution in [-0.2, 0) is 16.0 Å². The Morgan fingerprint density at radius 3 is 2.21 bits per heavy atom. The van der Waals surface area contributed by atoms with Gasteiger partial charge in [-0.3, -0.25) is 9.59 Å². The van der Waals surface area contributed by atoms with Crippen molar-refractivity contribution < 1.29 is 9.59 Å². The van der Waals surface area contributed by atoms with Crippen molar-refractivity contribution in [3.05, 3.63) is 95.6 Å². The van der Waals surface area contributed by atoms with Crippen molar-refractivity contribution >= 4 is 23.2 Å².